The number of amides is 1. The lowest BCUT2D eigenvalue weighted by molar-refractivity contribution is 0.0976. The summed E-state index contributed by atoms with van der Waals surface area (Å²) in [5.74, 6) is -1.12. The van der Waals surface area contributed by atoms with Crippen molar-refractivity contribution in [2.75, 3.05) is 18.9 Å². The molecule has 0 aliphatic rings. The third kappa shape index (κ3) is 7.50. The molecule has 4 rings (SSSR count). The highest BCUT2D eigenvalue weighted by Crippen LogP contribution is 2.28. The van der Waals surface area contributed by atoms with E-state index in [-0.39, 0.29) is 29.8 Å². The van der Waals surface area contributed by atoms with Gasteiger partial charge in [-0.05, 0) is 54.4 Å². The number of ether oxygens (including phenoxy) is 2. The van der Waals surface area contributed by atoms with Gasteiger partial charge >= 0.3 is 0 Å². The van der Waals surface area contributed by atoms with E-state index in [0.717, 1.165) is 5.69 Å². The minimum atomic E-state index is -4.35. The summed E-state index contributed by atoms with van der Waals surface area (Å²) >= 11 is 0. The number of carbonyl (C=O) groups excluding carboxylic acids is 1. The number of halogens is 1. The largest absolute Gasteiger partial charge is 0.493 e. The predicted octanol–water partition coefficient (Wildman–Crippen LogP) is 4.03. The van der Waals surface area contributed by atoms with Crippen LogP contribution in [-0.4, -0.2) is 42.5 Å². The van der Waals surface area contributed by atoms with Crippen LogP contribution in [0.4, 0.5) is 10.2 Å². The zero-order valence-electron chi connectivity index (χ0n) is 21.9. The van der Waals surface area contributed by atoms with Crippen molar-refractivity contribution in [1.29, 1.82) is 0 Å². The molecule has 1 amide bonds. The van der Waals surface area contributed by atoms with E-state index >= 15 is 0 Å². The standard InChI is InChI=1S/C28H28FN5O5S/c1-18(2)17-39-22-15-19(14-20(29)16-22)24-10-9-23(28(32-24)38-13-11-21-6-3-4-12-31-21)27(35)34-40(36,37)26-8-5-7-25(30)33-26/h3-10,12,14-16,18H,11,13,17H2,1-2H3,(H2,30,33)(H,34,35). The third-order valence-corrected chi connectivity index (χ3v) is 6.66. The Labute approximate surface area is 231 Å². The Morgan fingerprint density at radius 2 is 1.85 bits per heavy atom. The number of anilines is 1. The van der Waals surface area contributed by atoms with Crippen LogP contribution in [0.3, 0.4) is 0 Å². The smallest absolute Gasteiger partial charge is 0.281 e. The topological polar surface area (TPSA) is 146 Å². The Bertz CT molecular complexity index is 1600. The molecule has 0 radical (unpaired) electrons. The molecule has 3 N–H and O–H groups in total. The average Bonchev–Trinajstić information content (AvgIpc) is 2.92. The molecule has 0 saturated heterocycles. The number of nitrogens with one attached hydrogen (secondary N) is 1. The van der Waals surface area contributed by atoms with E-state index in [9.17, 15) is 17.6 Å². The monoisotopic (exact) mass is 565 g/mol. The molecule has 12 heteroatoms. The maximum atomic E-state index is 14.4. The summed E-state index contributed by atoms with van der Waals surface area (Å²) in [7, 11) is -4.35. The zero-order valence-corrected chi connectivity index (χ0v) is 22.7. The van der Waals surface area contributed by atoms with Gasteiger partial charge in [-0.3, -0.25) is 9.78 Å². The number of sulfonamides is 1. The second-order valence-corrected chi connectivity index (χ2v) is 10.8. The predicted molar refractivity (Wildman–Crippen MR) is 147 cm³/mol. The van der Waals surface area contributed by atoms with Gasteiger partial charge in [0.1, 0.15) is 22.9 Å². The van der Waals surface area contributed by atoms with Crippen molar-refractivity contribution in [2.24, 2.45) is 5.92 Å². The fourth-order valence-electron chi connectivity index (χ4n) is 3.55. The Balaban J connectivity index is 1.65. The van der Waals surface area contributed by atoms with Crippen LogP contribution in [0.1, 0.15) is 29.9 Å². The van der Waals surface area contributed by atoms with Gasteiger partial charge < -0.3 is 15.2 Å². The van der Waals surface area contributed by atoms with Crippen molar-refractivity contribution in [3.05, 3.63) is 90.0 Å². The minimum Gasteiger partial charge on any atom is -0.493 e. The first-order valence-corrected chi connectivity index (χ1v) is 13.9. The van der Waals surface area contributed by atoms with Crippen molar-refractivity contribution in [3.8, 4) is 22.9 Å². The lowest BCUT2D eigenvalue weighted by Crippen LogP contribution is -2.31. The van der Waals surface area contributed by atoms with E-state index in [1.54, 1.807) is 18.3 Å². The number of nitrogens with zero attached hydrogens (tertiary/aromatic N) is 3. The highest BCUT2D eigenvalue weighted by molar-refractivity contribution is 7.90. The molecule has 0 spiro atoms. The highest BCUT2D eigenvalue weighted by atomic mass is 32.2. The lowest BCUT2D eigenvalue weighted by Gasteiger charge is -2.14. The number of rotatable bonds is 11. The summed E-state index contributed by atoms with van der Waals surface area (Å²) in [6, 6.07) is 16.5. The first-order valence-electron chi connectivity index (χ1n) is 12.4. The van der Waals surface area contributed by atoms with Crippen LogP contribution in [-0.2, 0) is 16.4 Å². The van der Waals surface area contributed by atoms with Crippen LogP contribution in [0.5, 0.6) is 11.6 Å². The van der Waals surface area contributed by atoms with Gasteiger partial charge in [-0.2, -0.15) is 8.42 Å². The molecule has 208 valence electrons. The third-order valence-electron chi connectivity index (χ3n) is 5.43. The van der Waals surface area contributed by atoms with Crippen LogP contribution >= 0.6 is 0 Å². The summed E-state index contributed by atoms with van der Waals surface area (Å²) in [6.45, 7) is 4.43. The molecule has 0 aliphatic heterocycles. The number of hydrogen-bond donors (Lipinski definition) is 2. The molecule has 0 aliphatic carbocycles. The van der Waals surface area contributed by atoms with E-state index in [1.807, 2.05) is 30.7 Å². The van der Waals surface area contributed by atoms with Crippen molar-refractivity contribution in [2.45, 2.75) is 25.3 Å². The fourth-order valence-corrected chi connectivity index (χ4v) is 4.49. The SMILES string of the molecule is CC(C)COc1cc(F)cc(-c2ccc(C(=O)NS(=O)(=O)c3cccc(N)n3)c(OCCc3ccccn3)n2)c1. The summed E-state index contributed by atoms with van der Waals surface area (Å²) < 4.78 is 53.5. The molecular weight excluding hydrogens is 537 g/mol. The van der Waals surface area contributed by atoms with Crippen LogP contribution in [0.2, 0.25) is 0 Å². The number of carbonyl (C=O) groups is 1. The van der Waals surface area contributed by atoms with E-state index in [0.29, 0.717) is 30.0 Å². The van der Waals surface area contributed by atoms with Gasteiger partial charge in [-0.25, -0.2) is 19.1 Å². The number of benzene rings is 1. The summed E-state index contributed by atoms with van der Waals surface area (Å²) in [5.41, 5.74) is 6.87. The number of aromatic nitrogens is 3. The highest BCUT2D eigenvalue weighted by Gasteiger charge is 2.24. The van der Waals surface area contributed by atoms with E-state index < -0.39 is 26.8 Å². The zero-order chi connectivity index (χ0) is 28.7. The van der Waals surface area contributed by atoms with Crippen LogP contribution < -0.4 is 19.9 Å². The Morgan fingerprint density at radius 3 is 2.58 bits per heavy atom. The molecule has 0 atom stereocenters. The summed E-state index contributed by atoms with van der Waals surface area (Å²) in [5, 5.41) is -0.420. The van der Waals surface area contributed by atoms with Crippen LogP contribution in [0.15, 0.2) is 78.0 Å². The number of pyridine rings is 3. The fraction of sp³-hybridized carbons (Fsp3) is 0.214. The maximum Gasteiger partial charge on any atom is 0.281 e. The molecule has 3 aromatic heterocycles. The summed E-state index contributed by atoms with van der Waals surface area (Å²) in [4.78, 5) is 25.6. The second kappa shape index (κ2) is 12.5. The quantitative estimate of drug-likeness (QED) is 0.275. The van der Waals surface area contributed by atoms with Crippen LogP contribution in [0, 0.1) is 11.7 Å². The Hall–Kier alpha value is -4.58. The van der Waals surface area contributed by atoms with Crippen molar-refractivity contribution >= 4 is 21.7 Å². The Kier molecular flexibility index (Phi) is 8.90. The normalized spacial score (nSPS) is 11.3. The number of nitrogens with two attached hydrogens (primary N) is 1. The van der Waals surface area contributed by atoms with Gasteiger partial charge in [0.25, 0.3) is 15.9 Å². The van der Waals surface area contributed by atoms with E-state index in [1.165, 1.54) is 42.5 Å². The van der Waals surface area contributed by atoms with Crippen molar-refractivity contribution in [1.82, 2.24) is 19.7 Å². The summed E-state index contributed by atoms with van der Waals surface area (Å²) in [6.07, 6.45) is 2.04. The second-order valence-electron chi connectivity index (χ2n) is 9.18. The molecule has 0 bridgehead atoms. The van der Waals surface area contributed by atoms with Gasteiger partial charge in [0.05, 0.1) is 18.9 Å². The number of nitrogen functional groups attached to an aromatic ring is 1. The van der Waals surface area contributed by atoms with E-state index in [2.05, 4.69) is 15.0 Å². The maximum absolute atomic E-state index is 14.4. The molecule has 40 heavy (non-hydrogen) atoms. The minimum absolute atomic E-state index is 0.0216. The molecule has 4 aromatic rings. The number of hydrogen-bond acceptors (Lipinski definition) is 9. The first-order chi connectivity index (χ1) is 19.1. The molecule has 0 unspecified atom stereocenters. The Morgan fingerprint density at radius 1 is 1.02 bits per heavy atom. The van der Waals surface area contributed by atoms with Crippen LogP contribution in [0.25, 0.3) is 11.3 Å². The van der Waals surface area contributed by atoms with Crippen molar-refractivity contribution < 1.29 is 27.1 Å². The van der Waals surface area contributed by atoms with Gasteiger partial charge in [0, 0.05) is 29.9 Å². The van der Waals surface area contributed by atoms with Gasteiger partial charge in [0.2, 0.25) is 5.88 Å². The molecule has 10 nitrogen and oxygen atoms in total. The molecule has 0 fully saturated rings. The van der Waals surface area contributed by atoms with Gasteiger partial charge in [0.15, 0.2) is 5.03 Å². The molecule has 3 heterocycles. The lowest BCUT2D eigenvalue weighted by atomic mass is 10.1. The van der Waals surface area contributed by atoms with Gasteiger partial charge in [-0.1, -0.05) is 26.0 Å². The molecule has 0 saturated carbocycles. The molecule has 1 aromatic carbocycles. The average molecular weight is 566 g/mol. The van der Waals surface area contributed by atoms with Gasteiger partial charge in [-0.15, -0.1) is 0 Å². The molecular formula is C28H28FN5O5S. The first kappa shape index (κ1) is 28.4. The van der Waals surface area contributed by atoms with E-state index in [4.69, 9.17) is 15.2 Å². The van der Waals surface area contributed by atoms with Crippen molar-refractivity contribution in [3.63, 3.8) is 0 Å².